The summed E-state index contributed by atoms with van der Waals surface area (Å²) in [7, 11) is -1.41. The fraction of sp³-hybridized carbons (Fsp3) is 0.100. The lowest BCUT2D eigenvalue weighted by Crippen LogP contribution is -2.15. The third kappa shape index (κ3) is 4.95. The summed E-state index contributed by atoms with van der Waals surface area (Å²) in [5, 5.41) is 12.5. The van der Waals surface area contributed by atoms with Crippen LogP contribution in [0.1, 0.15) is 19.3 Å². The van der Waals surface area contributed by atoms with Gasteiger partial charge in [0, 0.05) is 0 Å². The van der Waals surface area contributed by atoms with Crippen LogP contribution in [0.2, 0.25) is 0 Å². The Hall–Kier alpha value is -3.57. The molecule has 1 aromatic heterocycles. The first-order valence-corrected chi connectivity index (χ1v) is 11.0. The lowest BCUT2D eigenvalue weighted by atomic mass is 10.3. The first-order valence-electron chi connectivity index (χ1n) is 8.73. The van der Waals surface area contributed by atoms with Gasteiger partial charge < -0.3 is 19.9 Å². The van der Waals surface area contributed by atoms with E-state index in [9.17, 15) is 23.1 Å². The number of methoxy groups -OCH3 is 2. The Bertz CT molecular complexity index is 1240. The number of aromatic hydroxyl groups is 1. The van der Waals surface area contributed by atoms with Crippen molar-refractivity contribution >= 4 is 44.6 Å². The minimum Gasteiger partial charge on any atom is -0.506 e. The molecule has 31 heavy (non-hydrogen) atoms. The number of para-hydroxylation sites is 2. The molecule has 0 saturated heterocycles. The van der Waals surface area contributed by atoms with E-state index >= 15 is 0 Å². The third-order valence-electron chi connectivity index (χ3n) is 4.09. The Morgan fingerprint density at radius 3 is 2.39 bits per heavy atom. The summed E-state index contributed by atoms with van der Waals surface area (Å²) in [6.07, 6.45) is 0. The molecule has 0 radical (unpaired) electrons. The summed E-state index contributed by atoms with van der Waals surface area (Å²) in [6.45, 7) is 0. The number of benzene rings is 2. The van der Waals surface area contributed by atoms with Gasteiger partial charge in [0.1, 0.15) is 16.4 Å². The number of thiophene rings is 1. The van der Waals surface area contributed by atoms with E-state index < -0.39 is 21.9 Å². The van der Waals surface area contributed by atoms with E-state index in [1.54, 1.807) is 18.2 Å². The average molecular weight is 463 g/mol. The molecule has 0 aliphatic rings. The molecule has 1 heterocycles. The van der Waals surface area contributed by atoms with Gasteiger partial charge in [0.25, 0.3) is 15.9 Å². The number of anilines is 2. The van der Waals surface area contributed by atoms with Crippen molar-refractivity contribution in [2.24, 2.45) is 0 Å². The number of phenols is 1. The van der Waals surface area contributed by atoms with Crippen molar-refractivity contribution in [3.05, 3.63) is 64.4 Å². The van der Waals surface area contributed by atoms with E-state index in [-0.39, 0.29) is 31.8 Å². The second-order valence-corrected chi connectivity index (χ2v) is 8.86. The molecule has 1 amide bonds. The number of hydrogen-bond donors (Lipinski definition) is 3. The number of phenolic OH excluding ortho intramolecular Hbond substituents is 1. The van der Waals surface area contributed by atoms with E-state index in [2.05, 4.69) is 14.8 Å². The molecule has 0 fully saturated rings. The third-order valence-corrected chi connectivity index (χ3v) is 6.52. The SMILES string of the molecule is COC(=O)c1ccc(C(=O)Nc2cc(S(=O)(=O)Nc3ccccc3OC)ccc2O)s1. The maximum atomic E-state index is 12.8. The van der Waals surface area contributed by atoms with Crippen LogP contribution >= 0.6 is 11.3 Å². The highest BCUT2D eigenvalue weighted by molar-refractivity contribution is 7.92. The molecule has 0 unspecified atom stereocenters. The number of esters is 1. The zero-order valence-corrected chi connectivity index (χ0v) is 18.0. The van der Waals surface area contributed by atoms with Gasteiger partial charge in [-0.3, -0.25) is 9.52 Å². The molecule has 0 saturated carbocycles. The second kappa shape index (κ2) is 9.06. The fourth-order valence-electron chi connectivity index (χ4n) is 2.57. The molecule has 0 spiro atoms. The molecule has 11 heteroatoms. The lowest BCUT2D eigenvalue weighted by molar-refractivity contribution is 0.0606. The van der Waals surface area contributed by atoms with Crippen LogP contribution in [0.5, 0.6) is 11.5 Å². The number of sulfonamides is 1. The van der Waals surface area contributed by atoms with Crippen molar-refractivity contribution in [2.75, 3.05) is 24.3 Å². The van der Waals surface area contributed by atoms with Gasteiger partial charge in [-0.1, -0.05) is 12.1 Å². The van der Waals surface area contributed by atoms with Crippen LogP contribution in [0.4, 0.5) is 11.4 Å². The Balaban J connectivity index is 1.85. The van der Waals surface area contributed by atoms with Crippen LogP contribution in [-0.2, 0) is 14.8 Å². The summed E-state index contributed by atoms with van der Waals surface area (Å²) >= 11 is 0.902. The quantitative estimate of drug-likeness (QED) is 0.363. The highest BCUT2D eigenvalue weighted by Gasteiger charge is 2.20. The highest BCUT2D eigenvalue weighted by atomic mass is 32.2. The lowest BCUT2D eigenvalue weighted by Gasteiger charge is -2.13. The molecule has 3 N–H and O–H groups in total. The normalized spacial score (nSPS) is 10.9. The van der Waals surface area contributed by atoms with Crippen molar-refractivity contribution in [2.45, 2.75) is 4.90 Å². The zero-order chi connectivity index (χ0) is 22.6. The largest absolute Gasteiger partial charge is 0.506 e. The maximum absolute atomic E-state index is 12.8. The summed E-state index contributed by atoms with van der Waals surface area (Å²) in [4.78, 5) is 24.3. The minimum absolute atomic E-state index is 0.110. The van der Waals surface area contributed by atoms with E-state index in [1.807, 2.05) is 0 Å². The summed E-state index contributed by atoms with van der Waals surface area (Å²) in [5.74, 6) is -1.20. The Morgan fingerprint density at radius 2 is 1.68 bits per heavy atom. The van der Waals surface area contributed by atoms with Crippen molar-refractivity contribution in [3.8, 4) is 11.5 Å². The number of carbonyl (C=O) groups excluding carboxylic acids is 2. The average Bonchev–Trinajstić information content (AvgIpc) is 3.25. The number of ether oxygens (including phenoxy) is 2. The topological polar surface area (TPSA) is 131 Å². The van der Waals surface area contributed by atoms with E-state index in [4.69, 9.17) is 4.74 Å². The summed E-state index contributed by atoms with van der Waals surface area (Å²) < 4.78 is 37.7. The van der Waals surface area contributed by atoms with Crippen molar-refractivity contribution in [1.29, 1.82) is 0 Å². The highest BCUT2D eigenvalue weighted by Crippen LogP contribution is 2.30. The number of amides is 1. The first-order chi connectivity index (χ1) is 14.7. The molecule has 3 rings (SSSR count). The number of nitrogens with one attached hydrogen (secondary N) is 2. The van der Waals surface area contributed by atoms with E-state index in [1.165, 1.54) is 38.5 Å². The summed E-state index contributed by atoms with van der Waals surface area (Å²) in [5.41, 5.74) is 0.124. The second-order valence-electron chi connectivity index (χ2n) is 6.09. The van der Waals surface area contributed by atoms with Gasteiger partial charge in [0.2, 0.25) is 0 Å². The molecule has 9 nitrogen and oxygen atoms in total. The standard InChI is InChI=1S/C20H18N2O7S2/c1-28-16-6-4-3-5-13(16)22-31(26,27)12-7-8-15(23)14(11-12)21-19(24)17-9-10-18(30-17)20(25)29-2/h3-11,22-23H,1-2H3,(H,21,24). The van der Waals surface area contributed by atoms with Crippen molar-refractivity contribution < 1.29 is 32.6 Å². The predicted octanol–water partition coefficient (Wildman–Crippen LogP) is 3.30. The minimum atomic E-state index is -4.05. The molecule has 2 aromatic carbocycles. The van der Waals surface area contributed by atoms with Crippen molar-refractivity contribution in [3.63, 3.8) is 0 Å². The van der Waals surface area contributed by atoms with Gasteiger partial charge >= 0.3 is 5.97 Å². The molecular weight excluding hydrogens is 444 g/mol. The van der Waals surface area contributed by atoms with Gasteiger partial charge in [-0.05, 0) is 42.5 Å². The van der Waals surface area contributed by atoms with Crippen LogP contribution in [0.25, 0.3) is 0 Å². The van der Waals surface area contributed by atoms with Crippen molar-refractivity contribution in [1.82, 2.24) is 0 Å². The molecule has 3 aromatic rings. The molecule has 0 aliphatic heterocycles. The molecule has 162 valence electrons. The van der Waals surface area contributed by atoms with Gasteiger partial charge in [-0.25, -0.2) is 13.2 Å². The van der Waals surface area contributed by atoms with Gasteiger partial charge in [-0.15, -0.1) is 11.3 Å². The number of rotatable bonds is 7. The van der Waals surface area contributed by atoms with E-state index in [0.717, 1.165) is 23.5 Å². The first kappa shape index (κ1) is 22.1. The fourth-order valence-corrected chi connectivity index (χ4v) is 4.48. The zero-order valence-electron chi connectivity index (χ0n) is 16.4. The summed E-state index contributed by atoms with van der Waals surface area (Å²) in [6, 6.07) is 12.8. The molecular formula is C20H18N2O7S2. The molecule has 0 atom stereocenters. The van der Waals surface area contributed by atoms with Gasteiger partial charge in [0.15, 0.2) is 0 Å². The van der Waals surface area contributed by atoms with E-state index in [0.29, 0.717) is 5.75 Å². The number of carbonyl (C=O) groups is 2. The molecule has 0 aliphatic carbocycles. The van der Waals surface area contributed by atoms with Gasteiger partial charge in [0.05, 0.1) is 35.4 Å². The predicted molar refractivity (Wildman–Crippen MR) is 116 cm³/mol. The monoisotopic (exact) mass is 462 g/mol. The Kier molecular flexibility index (Phi) is 6.47. The van der Waals surface area contributed by atoms with Crippen LogP contribution in [0.3, 0.4) is 0 Å². The Morgan fingerprint density at radius 1 is 0.968 bits per heavy atom. The van der Waals surface area contributed by atoms with Crippen LogP contribution in [0, 0.1) is 0 Å². The van der Waals surface area contributed by atoms with Crippen LogP contribution in [0.15, 0.2) is 59.5 Å². The maximum Gasteiger partial charge on any atom is 0.348 e. The Labute approximate surface area is 182 Å². The van der Waals surface area contributed by atoms with Gasteiger partial charge in [-0.2, -0.15) is 0 Å². The van der Waals surface area contributed by atoms with Crippen LogP contribution in [-0.4, -0.2) is 39.6 Å². The smallest absolute Gasteiger partial charge is 0.348 e. The number of hydrogen-bond acceptors (Lipinski definition) is 8. The molecule has 0 bridgehead atoms. The van der Waals surface area contributed by atoms with Crippen LogP contribution < -0.4 is 14.8 Å².